The van der Waals surface area contributed by atoms with Crippen molar-refractivity contribution in [1.29, 1.82) is 0 Å². The van der Waals surface area contributed by atoms with E-state index in [1.807, 2.05) is 13.0 Å². The summed E-state index contributed by atoms with van der Waals surface area (Å²) in [5.41, 5.74) is 6.66. The Morgan fingerprint density at radius 1 is 1.06 bits per heavy atom. The summed E-state index contributed by atoms with van der Waals surface area (Å²) in [6.45, 7) is 4.84. The average molecular weight is 433 g/mol. The number of nitrogens with two attached hydrogens (primary N) is 1. The van der Waals surface area contributed by atoms with Crippen LogP contribution in [0.4, 0.5) is 4.39 Å². The largest absolute Gasteiger partial charge is 0.364 e. The highest BCUT2D eigenvalue weighted by Gasteiger charge is 2.26. The minimum atomic E-state index is -0.890. The van der Waals surface area contributed by atoms with Crippen molar-refractivity contribution in [2.75, 3.05) is 0 Å². The highest BCUT2D eigenvalue weighted by Crippen LogP contribution is 2.22. The average Bonchev–Trinajstić information content (AvgIpc) is 2.98. The highest BCUT2D eigenvalue weighted by molar-refractivity contribution is 6.03. The number of hydrogen-bond donors (Lipinski definition) is 1. The number of fused-ring (bicyclic) bond motifs is 1. The predicted molar refractivity (Wildman–Crippen MR) is 117 cm³/mol. The van der Waals surface area contributed by atoms with Gasteiger partial charge in [0.05, 0.1) is 12.2 Å². The lowest BCUT2D eigenvalue weighted by Crippen LogP contribution is -2.27. The van der Waals surface area contributed by atoms with Gasteiger partial charge < -0.3 is 5.73 Å². The molecule has 4 rings (SSSR count). The Balaban J connectivity index is 2.01. The fourth-order valence-corrected chi connectivity index (χ4v) is 3.79. The van der Waals surface area contributed by atoms with E-state index < -0.39 is 24.0 Å². The number of ketones is 1. The lowest BCUT2D eigenvalue weighted by atomic mass is 10.0. The second kappa shape index (κ2) is 7.84. The van der Waals surface area contributed by atoms with Crippen LogP contribution in [-0.2, 0) is 6.54 Å². The third-order valence-corrected chi connectivity index (χ3v) is 5.19. The zero-order valence-corrected chi connectivity index (χ0v) is 17.7. The summed E-state index contributed by atoms with van der Waals surface area (Å²) in [7, 11) is 0. The van der Waals surface area contributed by atoms with E-state index in [0.29, 0.717) is 5.56 Å². The third kappa shape index (κ3) is 3.47. The number of imidazole rings is 1. The molecule has 0 unspecified atom stereocenters. The van der Waals surface area contributed by atoms with Crippen molar-refractivity contribution in [2.45, 2.75) is 27.3 Å². The molecule has 4 aromatic rings. The Bertz CT molecular complexity index is 1470. The quantitative estimate of drug-likeness (QED) is 0.486. The second-order valence-corrected chi connectivity index (χ2v) is 7.55. The van der Waals surface area contributed by atoms with Gasteiger partial charge in [0.2, 0.25) is 0 Å². The normalized spacial score (nSPS) is 11.1. The van der Waals surface area contributed by atoms with Crippen LogP contribution in [0.5, 0.6) is 0 Å². The van der Waals surface area contributed by atoms with Gasteiger partial charge in [-0.1, -0.05) is 35.9 Å². The minimum absolute atomic E-state index is 0.00479. The zero-order valence-electron chi connectivity index (χ0n) is 17.7. The van der Waals surface area contributed by atoms with Crippen LogP contribution in [0.1, 0.15) is 37.8 Å². The summed E-state index contributed by atoms with van der Waals surface area (Å²) < 4.78 is 16.7. The molecule has 0 fully saturated rings. The summed E-state index contributed by atoms with van der Waals surface area (Å²) in [5, 5.41) is 0. The molecule has 0 bridgehead atoms. The van der Waals surface area contributed by atoms with Crippen LogP contribution in [0.15, 0.2) is 47.3 Å². The van der Waals surface area contributed by atoms with Gasteiger partial charge in [-0.3, -0.25) is 14.2 Å². The lowest BCUT2D eigenvalue weighted by molar-refractivity contribution is 0.0965. The van der Waals surface area contributed by atoms with Gasteiger partial charge in [-0.15, -0.1) is 0 Å². The van der Waals surface area contributed by atoms with Crippen LogP contribution in [0.25, 0.3) is 16.9 Å². The number of halogens is 1. The first kappa shape index (κ1) is 21.1. The number of carbonyl (C=O) groups is 2. The van der Waals surface area contributed by atoms with Crippen LogP contribution in [-0.4, -0.2) is 30.8 Å². The molecule has 162 valence electrons. The van der Waals surface area contributed by atoms with E-state index in [1.54, 1.807) is 25.1 Å². The number of hydrogen-bond acceptors (Lipinski definition) is 5. The van der Waals surface area contributed by atoms with Gasteiger partial charge in [0.1, 0.15) is 17.2 Å². The van der Waals surface area contributed by atoms with Crippen molar-refractivity contribution in [2.24, 2.45) is 5.73 Å². The standard InChI is InChI=1S/C23H20FN5O3/c1-12-8-9-15(13(2)10-12)18(30)11-28-20-19(21(25)31)26-14(3)27-22(20)29(23(28)32)17-7-5-4-6-16(17)24/h4-10H,11H2,1-3H3,(H2,25,31). The predicted octanol–water partition coefficient (Wildman–Crippen LogP) is 2.63. The second-order valence-electron chi connectivity index (χ2n) is 7.55. The van der Waals surface area contributed by atoms with Gasteiger partial charge in [0.15, 0.2) is 17.1 Å². The molecule has 0 aliphatic rings. The number of aromatic nitrogens is 4. The molecule has 2 aromatic carbocycles. The van der Waals surface area contributed by atoms with E-state index >= 15 is 0 Å². The molecule has 0 aliphatic heterocycles. The molecule has 9 heteroatoms. The smallest absolute Gasteiger partial charge is 0.335 e. The number of primary amides is 1. The Hall–Kier alpha value is -4.14. The van der Waals surface area contributed by atoms with Gasteiger partial charge in [-0.25, -0.2) is 23.7 Å². The molecule has 0 spiro atoms. The third-order valence-electron chi connectivity index (χ3n) is 5.19. The molecular weight excluding hydrogens is 413 g/mol. The first-order valence-electron chi connectivity index (χ1n) is 9.84. The zero-order chi connectivity index (χ0) is 23.2. The highest BCUT2D eigenvalue weighted by atomic mass is 19.1. The Morgan fingerprint density at radius 3 is 2.44 bits per heavy atom. The van der Waals surface area contributed by atoms with Gasteiger partial charge in [-0.05, 0) is 38.5 Å². The molecule has 0 atom stereocenters. The van der Waals surface area contributed by atoms with Crippen molar-refractivity contribution in [3.05, 3.63) is 87.0 Å². The first-order valence-corrected chi connectivity index (χ1v) is 9.84. The molecule has 1 amide bonds. The van der Waals surface area contributed by atoms with E-state index in [4.69, 9.17) is 5.73 Å². The Labute approximate surface area is 182 Å². The van der Waals surface area contributed by atoms with Gasteiger partial charge >= 0.3 is 5.69 Å². The van der Waals surface area contributed by atoms with Crippen molar-refractivity contribution in [3.63, 3.8) is 0 Å². The maximum absolute atomic E-state index is 14.6. The van der Waals surface area contributed by atoms with E-state index in [-0.39, 0.29) is 34.2 Å². The molecule has 2 N–H and O–H groups in total. The number of benzene rings is 2. The molecule has 2 heterocycles. The number of nitrogens with zero attached hydrogens (tertiary/aromatic N) is 4. The monoisotopic (exact) mass is 433 g/mol. The van der Waals surface area contributed by atoms with Crippen molar-refractivity contribution >= 4 is 22.9 Å². The summed E-state index contributed by atoms with van der Waals surface area (Å²) in [4.78, 5) is 47.0. The number of rotatable bonds is 5. The van der Waals surface area contributed by atoms with Crippen molar-refractivity contribution in [3.8, 4) is 5.69 Å². The summed E-state index contributed by atoms with van der Waals surface area (Å²) in [6.07, 6.45) is 0. The number of Topliss-reactive ketones (excluding diaryl/α,β-unsaturated/α-hetero) is 1. The van der Waals surface area contributed by atoms with Crippen molar-refractivity contribution < 1.29 is 14.0 Å². The topological polar surface area (TPSA) is 113 Å². The fraction of sp³-hybridized carbons (Fsp3) is 0.174. The summed E-state index contributed by atoms with van der Waals surface area (Å²) in [5.74, 6) is -1.73. The molecule has 0 saturated heterocycles. The fourth-order valence-electron chi connectivity index (χ4n) is 3.79. The number of amides is 1. The number of aryl methyl sites for hydroxylation is 3. The van der Waals surface area contributed by atoms with Gasteiger partial charge in [-0.2, -0.15) is 0 Å². The molecule has 0 saturated carbocycles. The van der Waals surface area contributed by atoms with Crippen LogP contribution < -0.4 is 11.4 Å². The van der Waals surface area contributed by atoms with Crippen LogP contribution in [0, 0.1) is 26.6 Å². The first-order chi connectivity index (χ1) is 15.2. The van der Waals surface area contributed by atoms with Crippen LogP contribution >= 0.6 is 0 Å². The molecule has 0 aliphatic carbocycles. The Morgan fingerprint density at radius 2 is 1.78 bits per heavy atom. The summed E-state index contributed by atoms with van der Waals surface area (Å²) >= 11 is 0. The number of para-hydroxylation sites is 1. The maximum atomic E-state index is 14.6. The summed E-state index contributed by atoms with van der Waals surface area (Å²) in [6, 6.07) is 11.0. The van der Waals surface area contributed by atoms with E-state index in [1.165, 1.54) is 25.1 Å². The van der Waals surface area contributed by atoms with E-state index in [2.05, 4.69) is 9.97 Å². The minimum Gasteiger partial charge on any atom is -0.364 e. The van der Waals surface area contributed by atoms with E-state index in [9.17, 15) is 18.8 Å². The van der Waals surface area contributed by atoms with Crippen LogP contribution in [0.3, 0.4) is 0 Å². The molecule has 8 nitrogen and oxygen atoms in total. The van der Waals surface area contributed by atoms with Crippen LogP contribution in [0.2, 0.25) is 0 Å². The molecule has 32 heavy (non-hydrogen) atoms. The Kier molecular flexibility index (Phi) is 5.17. The number of carbonyl (C=O) groups excluding carboxylic acids is 2. The van der Waals surface area contributed by atoms with Crippen molar-refractivity contribution in [1.82, 2.24) is 19.1 Å². The van der Waals surface area contributed by atoms with Gasteiger partial charge in [0, 0.05) is 5.56 Å². The van der Waals surface area contributed by atoms with Gasteiger partial charge in [0.25, 0.3) is 5.91 Å². The SMILES string of the molecule is Cc1ccc(C(=O)Cn2c(=O)n(-c3ccccc3F)c3nc(C)nc(C(N)=O)c32)c(C)c1. The molecular formula is C23H20FN5O3. The van der Waals surface area contributed by atoms with E-state index in [0.717, 1.165) is 20.3 Å². The molecule has 2 aromatic heterocycles. The molecule has 0 radical (unpaired) electrons. The maximum Gasteiger partial charge on any atom is 0.335 e. The lowest BCUT2D eigenvalue weighted by Gasteiger charge is -2.08.